The topological polar surface area (TPSA) is 38.5 Å². The van der Waals surface area contributed by atoms with Crippen molar-refractivity contribution < 1.29 is 4.74 Å². The van der Waals surface area contributed by atoms with E-state index in [0.717, 1.165) is 31.8 Å². The van der Waals surface area contributed by atoms with E-state index in [1.807, 2.05) is 12.1 Å². The molecule has 0 heterocycles. The van der Waals surface area contributed by atoms with Crippen LogP contribution in [0, 0.1) is 0 Å². The van der Waals surface area contributed by atoms with E-state index in [1.165, 1.54) is 5.56 Å². The molecule has 0 bridgehead atoms. The predicted octanol–water partition coefficient (Wildman–Crippen LogP) is 1.91. The molecule has 17 heavy (non-hydrogen) atoms. The Labute approximate surface area is 105 Å². The fourth-order valence-corrected chi connectivity index (χ4v) is 1.86. The Balaban J connectivity index is 2.47. The third kappa shape index (κ3) is 4.75. The summed E-state index contributed by atoms with van der Waals surface area (Å²) in [6.07, 6.45) is 1.06. The molecule has 1 aromatic rings. The number of nitrogens with two attached hydrogens (primary N) is 1. The van der Waals surface area contributed by atoms with Crippen LogP contribution in [0.15, 0.2) is 24.3 Å². The molecule has 0 amide bonds. The van der Waals surface area contributed by atoms with Crippen molar-refractivity contribution in [1.82, 2.24) is 4.90 Å². The van der Waals surface area contributed by atoms with Crippen molar-refractivity contribution >= 4 is 0 Å². The van der Waals surface area contributed by atoms with Crippen LogP contribution < -0.4 is 10.5 Å². The van der Waals surface area contributed by atoms with Crippen LogP contribution in [0.3, 0.4) is 0 Å². The van der Waals surface area contributed by atoms with Gasteiger partial charge in [0, 0.05) is 25.7 Å². The summed E-state index contributed by atoms with van der Waals surface area (Å²) in [7, 11) is 1.69. The minimum absolute atomic E-state index is 0.553. The zero-order chi connectivity index (χ0) is 12.7. The van der Waals surface area contributed by atoms with Gasteiger partial charge in [-0.1, -0.05) is 12.1 Å². The second-order valence-electron chi connectivity index (χ2n) is 4.52. The maximum Gasteiger partial charge on any atom is 0.118 e. The van der Waals surface area contributed by atoms with E-state index in [0.29, 0.717) is 6.04 Å². The maximum absolute atomic E-state index is 5.62. The summed E-state index contributed by atoms with van der Waals surface area (Å²) in [5.74, 6) is 0.913. The van der Waals surface area contributed by atoms with Gasteiger partial charge in [0.05, 0.1) is 7.11 Å². The summed E-state index contributed by atoms with van der Waals surface area (Å²) in [6.45, 7) is 7.17. The highest BCUT2D eigenvalue weighted by Crippen LogP contribution is 2.12. The fourth-order valence-electron chi connectivity index (χ4n) is 1.86. The Morgan fingerprint density at radius 2 is 1.82 bits per heavy atom. The van der Waals surface area contributed by atoms with Gasteiger partial charge in [0.15, 0.2) is 0 Å². The Kier molecular flexibility index (Phi) is 6.01. The van der Waals surface area contributed by atoms with Crippen molar-refractivity contribution in [3.8, 4) is 5.75 Å². The van der Waals surface area contributed by atoms with Crippen molar-refractivity contribution in [2.75, 3.05) is 26.7 Å². The van der Waals surface area contributed by atoms with Crippen LogP contribution >= 0.6 is 0 Å². The van der Waals surface area contributed by atoms with Crippen LogP contribution in [0.1, 0.15) is 19.4 Å². The highest BCUT2D eigenvalue weighted by Gasteiger charge is 2.07. The number of hydrogen-bond acceptors (Lipinski definition) is 3. The minimum Gasteiger partial charge on any atom is -0.497 e. The van der Waals surface area contributed by atoms with Gasteiger partial charge in [-0.25, -0.2) is 0 Å². The van der Waals surface area contributed by atoms with Gasteiger partial charge in [-0.05, 0) is 38.0 Å². The molecular weight excluding hydrogens is 212 g/mol. The Morgan fingerprint density at radius 1 is 1.18 bits per heavy atom. The van der Waals surface area contributed by atoms with E-state index in [2.05, 4.69) is 30.9 Å². The van der Waals surface area contributed by atoms with Crippen LogP contribution in [-0.4, -0.2) is 37.7 Å². The van der Waals surface area contributed by atoms with Gasteiger partial charge in [-0.15, -0.1) is 0 Å². The molecule has 0 aromatic heterocycles. The van der Waals surface area contributed by atoms with Crippen LogP contribution in [0.2, 0.25) is 0 Å². The first kappa shape index (κ1) is 14.0. The van der Waals surface area contributed by atoms with Crippen molar-refractivity contribution in [2.24, 2.45) is 5.73 Å². The molecule has 96 valence electrons. The number of ether oxygens (including phenoxy) is 1. The van der Waals surface area contributed by atoms with Gasteiger partial charge in [0.25, 0.3) is 0 Å². The number of nitrogens with zero attached hydrogens (tertiary/aromatic N) is 1. The van der Waals surface area contributed by atoms with Gasteiger partial charge in [0.2, 0.25) is 0 Å². The van der Waals surface area contributed by atoms with Crippen LogP contribution in [-0.2, 0) is 6.42 Å². The fraction of sp³-hybridized carbons (Fsp3) is 0.571. The molecule has 0 spiro atoms. The summed E-state index contributed by atoms with van der Waals surface area (Å²) in [5.41, 5.74) is 6.96. The molecule has 0 unspecified atom stereocenters. The molecule has 3 nitrogen and oxygen atoms in total. The molecule has 1 rings (SSSR count). The van der Waals surface area contributed by atoms with Crippen molar-refractivity contribution in [1.29, 1.82) is 0 Å². The van der Waals surface area contributed by atoms with E-state index in [-0.39, 0.29) is 0 Å². The number of rotatable bonds is 7. The summed E-state index contributed by atoms with van der Waals surface area (Å²) in [6, 6.07) is 8.83. The van der Waals surface area contributed by atoms with E-state index in [1.54, 1.807) is 7.11 Å². The highest BCUT2D eigenvalue weighted by atomic mass is 16.5. The molecule has 0 saturated heterocycles. The monoisotopic (exact) mass is 236 g/mol. The molecule has 0 fully saturated rings. The first-order valence-electron chi connectivity index (χ1n) is 6.24. The predicted molar refractivity (Wildman–Crippen MR) is 72.5 cm³/mol. The molecule has 0 atom stereocenters. The number of methoxy groups -OCH3 is 1. The molecule has 1 aromatic carbocycles. The minimum atomic E-state index is 0.553. The third-order valence-corrected chi connectivity index (χ3v) is 2.99. The van der Waals surface area contributed by atoms with Gasteiger partial charge in [-0.3, -0.25) is 4.90 Å². The zero-order valence-electron chi connectivity index (χ0n) is 11.1. The third-order valence-electron chi connectivity index (χ3n) is 2.99. The Hall–Kier alpha value is -1.06. The SMILES string of the molecule is COc1ccc(CCN(CCN)C(C)C)cc1. The van der Waals surface area contributed by atoms with Crippen LogP contribution in [0.5, 0.6) is 5.75 Å². The van der Waals surface area contributed by atoms with Gasteiger partial charge >= 0.3 is 0 Å². The average molecular weight is 236 g/mol. The van der Waals surface area contributed by atoms with Gasteiger partial charge < -0.3 is 10.5 Å². The molecule has 0 saturated carbocycles. The quantitative estimate of drug-likeness (QED) is 0.786. The summed E-state index contributed by atoms with van der Waals surface area (Å²) in [4.78, 5) is 2.41. The largest absolute Gasteiger partial charge is 0.497 e. The lowest BCUT2D eigenvalue weighted by Crippen LogP contribution is -2.36. The summed E-state index contributed by atoms with van der Waals surface area (Å²) >= 11 is 0. The molecule has 0 aliphatic carbocycles. The lowest BCUT2D eigenvalue weighted by Gasteiger charge is -2.25. The normalized spacial score (nSPS) is 11.2. The average Bonchev–Trinajstić information content (AvgIpc) is 2.34. The second kappa shape index (κ2) is 7.30. The van der Waals surface area contributed by atoms with Crippen molar-refractivity contribution in [3.63, 3.8) is 0 Å². The number of hydrogen-bond donors (Lipinski definition) is 1. The summed E-state index contributed by atoms with van der Waals surface area (Å²) in [5, 5.41) is 0. The number of benzene rings is 1. The van der Waals surface area contributed by atoms with Crippen molar-refractivity contribution in [2.45, 2.75) is 26.3 Å². The smallest absolute Gasteiger partial charge is 0.118 e. The van der Waals surface area contributed by atoms with E-state index in [4.69, 9.17) is 10.5 Å². The van der Waals surface area contributed by atoms with Crippen LogP contribution in [0.25, 0.3) is 0 Å². The lowest BCUT2D eigenvalue weighted by molar-refractivity contribution is 0.231. The van der Waals surface area contributed by atoms with Gasteiger partial charge in [-0.2, -0.15) is 0 Å². The van der Waals surface area contributed by atoms with Crippen LogP contribution in [0.4, 0.5) is 0 Å². The molecule has 2 N–H and O–H groups in total. The first-order valence-corrected chi connectivity index (χ1v) is 6.24. The Morgan fingerprint density at radius 3 is 2.29 bits per heavy atom. The van der Waals surface area contributed by atoms with Gasteiger partial charge in [0.1, 0.15) is 5.75 Å². The lowest BCUT2D eigenvalue weighted by atomic mass is 10.1. The standard InChI is InChI=1S/C14H24N2O/c1-12(2)16(11-9-15)10-8-13-4-6-14(17-3)7-5-13/h4-7,12H,8-11,15H2,1-3H3. The zero-order valence-corrected chi connectivity index (χ0v) is 11.1. The van der Waals surface area contributed by atoms with E-state index >= 15 is 0 Å². The molecule has 0 radical (unpaired) electrons. The first-order chi connectivity index (χ1) is 8.17. The summed E-state index contributed by atoms with van der Waals surface area (Å²) < 4.78 is 5.14. The van der Waals surface area contributed by atoms with E-state index in [9.17, 15) is 0 Å². The molecular formula is C14H24N2O. The second-order valence-corrected chi connectivity index (χ2v) is 4.52. The molecule has 0 aliphatic heterocycles. The van der Waals surface area contributed by atoms with E-state index < -0.39 is 0 Å². The Bertz CT molecular complexity index is 309. The molecule has 0 aliphatic rings. The maximum atomic E-state index is 5.62. The highest BCUT2D eigenvalue weighted by molar-refractivity contribution is 5.27. The van der Waals surface area contributed by atoms with Crippen molar-refractivity contribution in [3.05, 3.63) is 29.8 Å². The molecule has 3 heteroatoms.